The van der Waals surface area contributed by atoms with Crippen molar-refractivity contribution in [2.24, 2.45) is 5.92 Å². The monoisotopic (exact) mass is 485 g/mol. The quantitative estimate of drug-likeness (QED) is 0.505. The van der Waals surface area contributed by atoms with Gasteiger partial charge < -0.3 is 15.5 Å². The van der Waals surface area contributed by atoms with E-state index in [-0.39, 0.29) is 17.9 Å². The van der Waals surface area contributed by atoms with Crippen molar-refractivity contribution in [3.8, 4) is 0 Å². The number of nitrogens with zero attached hydrogens (tertiary/aromatic N) is 3. The van der Waals surface area contributed by atoms with Crippen LogP contribution in [0, 0.1) is 12.8 Å². The minimum atomic E-state index is -0.305. The third-order valence-corrected chi connectivity index (χ3v) is 6.53. The lowest BCUT2D eigenvalue weighted by molar-refractivity contribution is -0.121. The highest BCUT2D eigenvalue weighted by Gasteiger charge is 2.29. The van der Waals surface area contributed by atoms with Gasteiger partial charge in [0.25, 0.3) is 0 Å². The summed E-state index contributed by atoms with van der Waals surface area (Å²) in [6.45, 7) is 3.32. The maximum Gasteiger partial charge on any atom is 0.321 e. The first-order chi connectivity index (χ1) is 15.9. The van der Waals surface area contributed by atoms with E-state index in [9.17, 15) is 9.59 Å². The molecule has 0 saturated carbocycles. The van der Waals surface area contributed by atoms with E-state index in [1.54, 1.807) is 27.9 Å². The lowest BCUT2D eigenvalue weighted by Gasteiger charge is -2.32. The van der Waals surface area contributed by atoms with Gasteiger partial charge in [-0.1, -0.05) is 47.5 Å². The first kappa shape index (κ1) is 23.1. The van der Waals surface area contributed by atoms with Crippen LogP contribution < -0.4 is 10.6 Å². The molecule has 0 bridgehead atoms. The maximum absolute atomic E-state index is 13.0. The van der Waals surface area contributed by atoms with Gasteiger partial charge in [-0.25, -0.2) is 9.48 Å². The zero-order chi connectivity index (χ0) is 23.4. The molecule has 0 radical (unpaired) electrons. The molecule has 1 aliphatic rings. The number of aromatic nitrogens is 2. The third-order valence-electron chi connectivity index (χ3n) is 5.67. The fourth-order valence-corrected chi connectivity index (χ4v) is 4.31. The van der Waals surface area contributed by atoms with Crippen molar-refractivity contribution in [3.63, 3.8) is 0 Å². The van der Waals surface area contributed by atoms with Gasteiger partial charge in [-0.3, -0.25) is 4.79 Å². The van der Waals surface area contributed by atoms with Gasteiger partial charge >= 0.3 is 6.03 Å². The van der Waals surface area contributed by atoms with Gasteiger partial charge in [-0.15, -0.1) is 0 Å². The van der Waals surface area contributed by atoms with Crippen LogP contribution >= 0.6 is 23.2 Å². The predicted molar refractivity (Wildman–Crippen MR) is 131 cm³/mol. The van der Waals surface area contributed by atoms with Gasteiger partial charge in [0.05, 0.1) is 28.7 Å². The molecule has 1 aliphatic heterocycles. The number of halogens is 2. The van der Waals surface area contributed by atoms with Crippen molar-refractivity contribution in [2.45, 2.75) is 26.3 Å². The topological polar surface area (TPSA) is 79.3 Å². The lowest BCUT2D eigenvalue weighted by Crippen LogP contribution is -2.45. The van der Waals surface area contributed by atoms with Crippen molar-refractivity contribution >= 4 is 46.6 Å². The third kappa shape index (κ3) is 5.67. The molecule has 2 aromatic carbocycles. The highest BCUT2D eigenvalue weighted by atomic mass is 35.5. The van der Waals surface area contributed by atoms with Crippen molar-refractivity contribution < 1.29 is 9.59 Å². The molecule has 4 rings (SSSR count). The molecule has 1 atom stereocenters. The van der Waals surface area contributed by atoms with E-state index in [0.717, 1.165) is 23.2 Å². The number of rotatable bonds is 5. The minimum Gasteiger partial charge on any atom is -0.324 e. The van der Waals surface area contributed by atoms with E-state index < -0.39 is 0 Å². The second-order valence-corrected chi connectivity index (χ2v) is 8.95. The van der Waals surface area contributed by atoms with E-state index in [2.05, 4.69) is 15.7 Å². The van der Waals surface area contributed by atoms with E-state index in [1.807, 2.05) is 43.3 Å². The summed E-state index contributed by atoms with van der Waals surface area (Å²) in [6, 6.07) is 14.6. The van der Waals surface area contributed by atoms with Crippen molar-refractivity contribution in [2.75, 3.05) is 23.7 Å². The van der Waals surface area contributed by atoms with E-state index in [4.69, 9.17) is 23.2 Å². The summed E-state index contributed by atoms with van der Waals surface area (Å²) in [5.74, 6) is 0.125. The molecule has 0 aliphatic carbocycles. The number of anilines is 2. The summed E-state index contributed by atoms with van der Waals surface area (Å²) < 4.78 is 1.67. The Balaban J connectivity index is 1.38. The Morgan fingerprint density at radius 2 is 1.94 bits per heavy atom. The molecule has 1 unspecified atom stereocenters. The van der Waals surface area contributed by atoms with Crippen LogP contribution in [0.4, 0.5) is 16.3 Å². The van der Waals surface area contributed by atoms with Gasteiger partial charge in [0.15, 0.2) is 0 Å². The van der Waals surface area contributed by atoms with Gasteiger partial charge in [0.2, 0.25) is 5.91 Å². The molecule has 0 spiro atoms. The number of hydrogen-bond acceptors (Lipinski definition) is 3. The Morgan fingerprint density at radius 3 is 2.76 bits per heavy atom. The first-order valence-electron chi connectivity index (χ1n) is 10.8. The smallest absolute Gasteiger partial charge is 0.321 e. The van der Waals surface area contributed by atoms with Crippen LogP contribution in [0.5, 0.6) is 0 Å². The maximum atomic E-state index is 13.0. The zero-order valence-electron chi connectivity index (χ0n) is 18.2. The first-order valence-corrected chi connectivity index (χ1v) is 11.5. The number of aryl methyl sites for hydroxylation is 1. The molecular formula is C24H25Cl2N5O2. The normalized spacial score (nSPS) is 15.8. The van der Waals surface area contributed by atoms with Crippen LogP contribution in [0.3, 0.4) is 0 Å². The Kier molecular flexibility index (Phi) is 7.20. The Labute approximate surface area is 202 Å². The molecule has 3 aromatic rings. The van der Waals surface area contributed by atoms with Gasteiger partial charge in [-0.2, -0.15) is 5.10 Å². The number of carbonyl (C=O) groups excluding carboxylic acids is 2. The summed E-state index contributed by atoms with van der Waals surface area (Å²) in [4.78, 5) is 27.4. The molecule has 2 N–H and O–H groups in total. The summed E-state index contributed by atoms with van der Waals surface area (Å²) in [7, 11) is 0. The molecule has 3 amide bonds. The average molecular weight is 486 g/mol. The molecule has 1 fully saturated rings. The molecule has 1 saturated heterocycles. The molecule has 9 heteroatoms. The lowest BCUT2D eigenvalue weighted by atomic mass is 9.97. The second-order valence-electron chi connectivity index (χ2n) is 8.16. The molecular weight excluding hydrogens is 461 g/mol. The fourth-order valence-electron chi connectivity index (χ4n) is 3.93. The van der Waals surface area contributed by atoms with Crippen molar-refractivity contribution in [1.29, 1.82) is 0 Å². The van der Waals surface area contributed by atoms with Gasteiger partial charge in [-0.05, 0) is 49.1 Å². The van der Waals surface area contributed by atoms with Crippen LogP contribution in [-0.4, -0.2) is 39.7 Å². The average Bonchev–Trinajstić information content (AvgIpc) is 3.23. The predicted octanol–water partition coefficient (Wildman–Crippen LogP) is 5.43. The van der Waals surface area contributed by atoms with Crippen LogP contribution in [-0.2, 0) is 11.3 Å². The second kappa shape index (κ2) is 10.3. The standard InChI is InChI=1S/C24H25Cl2N5O2/c1-16-5-2-8-19(13-16)28-24(33)30-12-4-7-18(14-30)23(32)29-21-10-11-27-31(21)15-17-6-3-9-20(25)22(17)26/h2-3,5-6,8-11,13,18H,4,7,12,14-15H2,1H3,(H,28,33)(H,29,32). The number of piperidine rings is 1. The zero-order valence-corrected chi connectivity index (χ0v) is 19.7. The van der Waals surface area contributed by atoms with Crippen molar-refractivity contribution in [3.05, 3.63) is 75.9 Å². The van der Waals surface area contributed by atoms with Crippen LogP contribution in [0.1, 0.15) is 24.0 Å². The molecule has 1 aromatic heterocycles. The molecule has 172 valence electrons. The number of urea groups is 1. The van der Waals surface area contributed by atoms with Gasteiger partial charge in [0.1, 0.15) is 5.82 Å². The number of carbonyl (C=O) groups is 2. The van der Waals surface area contributed by atoms with Crippen LogP contribution in [0.25, 0.3) is 0 Å². The summed E-state index contributed by atoms with van der Waals surface area (Å²) in [6.07, 6.45) is 3.10. The van der Waals surface area contributed by atoms with E-state index >= 15 is 0 Å². The number of benzene rings is 2. The SMILES string of the molecule is Cc1cccc(NC(=O)N2CCCC(C(=O)Nc3ccnn3Cc3cccc(Cl)c3Cl)C2)c1. The molecule has 33 heavy (non-hydrogen) atoms. The summed E-state index contributed by atoms with van der Waals surface area (Å²) in [5, 5.41) is 11.1. The largest absolute Gasteiger partial charge is 0.324 e. The molecule has 7 nitrogen and oxygen atoms in total. The molecule has 2 heterocycles. The Bertz CT molecular complexity index is 1160. The number of nitrogens with one attached hydrogen (secondary N) is 2. The van der Waals surface area contributed by atoms with Crippen molar-refractivity contribution in [1.82, 2.24) is 14.7 Å². The van der Waals surface area contributed by atoms with Gasteiger partial charge in [0, 0.05) is 24.8 Å². The summed E-state index contributed by atoms with van der Waals surface area (Å²) in [5.41, 5.74) is 2.62. The highest BCUT2D eigenvalue weighted by Crippen LogP contribution is 2.27. The Morgan fingerprint density at radius 1 is 1.12 bits per heavy atom. The number of likely N-dealkylation sites (tertiary alicyclic amines) is 1. The fraction of sp³-hybridized carbons (Fsp3) is 0.292. The number of amides is 3. The van der Waals surface area contributed by atoms with E-state index in [0.29, 0.717) is 41.9 Å². The Hall–Kier alpha value is -3.03. The van der Waals surface area contributed by atoms with Crippen LogP contribution in [0.15, 0.2) is 54.7 Å². The number of hydrogen-bond donors (Lipinski definition) is 2. The summed E-state index contributed by atoms with van der Waals surface area (Å²) >= 11 is 12.4. The van der Waals surface area contributed by atoms with E-state index in [1.165, 1.54) is 0 Å². The van der Waals surface area contributed by atoms with Crippen LogP contribution in [0.2, 0.25) is 10.0 Å². The highest BCUT2D eigenvalue weighted by molar-refractivity contribution is 6.42. The minimum absolute atomic E-state index is 0.137.